The van der Waals surface area contributed by atoms with Gasteiger partial charge in [-0.15, -0.1) is 0 Å². The maximum absolute atomic E-state index is 5.86. The topological polar surface area (TPSA) is 52.0 Å². The van der Waals surface area contributed by atoms with Crippen molar-refractivity contribution >= 4 is 33.4 Å². The number of nitrogens with zero attached hydrogens (tertiary/aromatic N) is 1. The normalized spacial score (nSPS) is 10.4. The first-order chi connectivity index (χ1) is 6.66. The van der Waals surface area contributed by atoms with Crippen LogP contribution in [0.15, 0.2) is 33.3 Å². The second-order valence-corrected chi connectivity index (χ2v) is 4.00. The van der Waals surface area contributed by atoms with Crippen molar-refractivity contribution in [3.05, 3.63) is 33.8 Å². The van der Waals surface area contributed by atoms with Gasteiger partial charge in [-0.25, -0.2) is 0 Å². The third-order valence-electron chi connectivity index (χ3n) is 1.74. The lowest BCUT2D eigenvalue weighted by Gasteiger charge is -1.98. The van der Waals surface area contributed by atoms with Crippen molar-refractivity contribution in [3.8, 4) is 11.3 Å². The van der Waals surface area contributed by atoms with Crippen LogP contribution in [0.2, 0.25) is 5.02 Å². The van der Waals surface area contributed by atoms with Crippen LogP contribution in [0.4, 0.5) is 5.88 Å². The number of rotatable bonds is 1. The molecular weight excluding hydrogens is 267 g/mol. The van der Waals surface area contributed by atoms with Crippen molar-refractivity contribution in [3.63, 3.8) is 0 Å². The number of aromatic nitrogens is 1. The first-order valence-electron chi connectivity index (χ1n) is 3.84. The molecule has 2 N–H and O–H groups in total. The minimum absolute atomic E-state index is 0.297. The van der Waals surface area contributed by atoms with Crippen LogP contribution in [-0.4, -0.2) is 5.16 Å². The maximum atomic E-state index is 5.86. The summed E-state index contributed by atoms with van der Waals surface area (Å²) in [5.41, 5.74) is 7.02. The van der Waals surface area contributed by atoms with Crippen molar-refractivity contribution in [1.82, 2.24) is 5.16 Å². The molecule has 72 valence electrons. The summed E-state index contributed by atoms with van der Waals surface area (Å²) in [5, 5.41) is 4.45. The molecule has 0 saturated carbocycles. The van der Waals surface area contributed by atoms with Gasteiger partial charge < -0.3 is 10.3 Å². The van der Waals surface area contributed by atoms with E-state index < -0.39 is 0 Å². The van der Waals surface area contributed by atoms with E-state index in [4.69, 9.17) is 21.9 Å². The second-order valence-electron chi connectivity index (χ2n) is 2.74. The summed E-state index contributed by atoms with van der Waals surface area (Å²) in [5.74, 6) is 0.297. The molecule has 1 aromatic heterocycles. The smallest absolute Gasteiger partial charge is 0.222 e. The summed E-state index contributed by atoms with van der Waals surface area (Å²) in [7, 11) is 0. The van der Waals surface area contributed by atoms with Crippen LogP contribution in [0, 0.1) is 0 Å². The van der Waals surface area contributed by atoms with Gasteiger partial charge in [0.15, 0.2) is 0 Å². The molecule has 5 heteroatoms. The van der Waals surface area contributed by atoms with Crippen LogP contribution in [-0.2, 0) is 0 Å². The van der Waals surface area contributed by atoms with E-state index in [0.29, 0.717) is 16.6 Å². The summed E-state index contributed by atoms with van der Waals surface area (Å²) in [6.07, 6.45) is 0. The van der Waals surface area contributed by atoms with Crippen LogP contribution >= 0.6 is 27.5 Å². The summed E-state index contributed by atoms with van der Waals surface area (Å²) < 4.78 is 5.59. The standard InChI is InChI=1S/C9H6BrClN2O/c10-6-3-5(1-2-7(6)11)8-4-9(12)14-13-8/h1-4H,12H2. The molecule has 0 bridgehead atoms. The van der Waals surface area contributed by atoms with Gasteiger partial charge in [0, 0.05) is 16.1 Å². The van der Waals surface area contributed by atoms with Gasteiger partial charge in [0.2, 0.25) is 5.88 Å². The SMILES string of the molecule is Nc1cc(-c2ccc(Cl)c(Br)c2)no1. The molecular formula is C9H6BrClN2O. The number of nitrogen functional groups attached to an aromatic ring is 1. The largest absolute Gasteiger partial charge is 0.368 e. The summed E-state index contributed by atoms with van der Waals surface area (Å²) in [4.78, 5) is 0. The highest BCUT2D eigenvalue weighted by molar-refractivity contribution is 9.10. The zero-order chi connectivity index (χ0) is 10.1. The molecule has 2 aromatic rings. The lowest BCUT2D eigenvalue weighted by atomic mass is 10.1. The van der Waals surface area contributed by atoms with E-state index in [1.165, 1.54) is 0 Å². The Balaban J connectivity index is 2.47. The third kappa shape index (κ3) is 1.76. The van der Waals surface area contributed by atoms with Crippen molar-refractivity contribution < 1.29 is 4.52 Å². The highest BCUT2D eigenvalue weighted by Gasteiger charge is 2.05. The van der Waals surface area contributed by atoms with Crippen LogP contribution in [0.5, 0.6) is 0 Å². The van der Waals surface area contributed by atoms with Crippen molar-refractivity contribution in [2.75, 3.05) is 5.73 Å². The van der Waals surface area contributed by atoms with E-state index in [9.17, 15) is 0 Å². The van der Waals surface area contributed by atoms with Gasteiger partial charge in [0.25, 0.3) is 0 Å². The Labute approximate surface area is 94.0 Å². The Kier molecular flexibility index (Phi) is 2.48. The van der Waals surface area contributed by atoms with Crippen LogP contribution in [0.25, 0.3) is 11.3 Å². The minimum Gasteiger partial charge on any atom is -0.368 e. The van der Waals surface area contributed by atoms with Crippen molar-refractivity contribution in [1.29, 1.82) is 0 Å². The molecule has 0 saturated heterocycles. The van der Waals surface area contributed by atoms with E-state index in [0.717, 1.165) is 10.0 Å². The van der Waals surface area contributed by atoms with Crippen LogP contribution in [0.1, 0.15) is 0 Å². The zero-order valence-corrected chi connectivity index (χ0v) is 9.34. The van der Waals surface area contributed by atoms with Gasteiger partial charge in [-0.3, -0.25) is 0 Å². The first-order valence-corrected chi connectivity index (χ1v) is 5.01. The van der Waals surface area contributed by atoms with Crippen molar-refractivity contribution in [2.24, 2.45) is 0 Å². The summed E-state index contributed by atoms with van der Waals surface area (Å²) in [6.45, 7) is 0. The fourth-order valence-electron chi connectivity index (χ4n) is 1.08. The monoisotopic (exact) mass is 272 g/mol. The predicted octanol–water partition coefficient (Wildman–Crippen LogP) is 3.34. The lowest BCUT2D eigenvalue weighted by molar-refractivity contribution is 0.439. The Morgan fingerprint density at radius 1 is 1.36 bits per heavy atom. The van der Waals surface area contributed by atoms with Crippen molar-refractivity contribution in [2.45, 2.75) is 0 Å². The van der Waals surface area contributed by atoms with Gasteiger partial charge in [-0.1, -0.05) is 22.8 Å². The molecule has 14 heavy (non-hydrogen) atoms. The number of benzene rings is 1. The number of nitrogens with two attached hydrogens (primary N) is 1. The third-order valence-corrected chi connectivity index (χ3v) is 2.96. The molecule has 0 aliphatic heterocycles. The van der Waals surface area contributed by atoms with Gasteiger partial charge in [0.05, 0.1) is 5.02 Å². The zero-order valence-electron chi connectivity index (χ0n) is 7.00. The Hall–Kier alpha value is -1.00. The molecule has 1 heterocycles. The highest BCUT2D eigenvalue weighted by Crippen LogP contribution is 2.28. The molecule has 0 aliphatic rings. The Morgan fingerprint density at radius 3 is 2.71 bits per heavy atom. The lowest BCUT2D eigenvalue weighted by Crippen LogP contribution is -1.78. The average molecular weight is 274 g/mol. The molecule has 0 unspecified atom stereocenters. The molecule has 0 aliphatic carbocycles. The Bertz CT molecular complexity index is 470. The predicted molar refractivity (Wildman–Crippen MR) is 59.1 cm³/mol. The van der Waals surface area contributed by atoms with E-state index in [-0.39, 0.29) is 0 Å². The van der Waals surface area contributed by atoms with E-state index >= 15 is 0 Å². The molecule has 0 radical (unpaired) electrons. The summed E-state index contributed by atoms with van der Waals surface area (Å²) >= 11 is 9.19. The van der Waals surface area contributed by atoms with E-state index in [2.05, 4.69) is 21.1 Å². The molecule has 0 atom stereocenters. The van der Waals surface area contributed by atoms with Gasteiger partial charge >= 0.3 is 0 Å². The first kappa shape index (κ1) is 9.55. The summed E-state index contributed by atoms with van der Waals surface area (Å²) in [6, 6.07) is 7.16. The number of hydrogen-bond acceptors (Lipinski definition) is 3. The number of anilines is 1. The quantitative estimate of drug-likeness (QED) is 0.867. The fraction of sp³-hybridized carbons (Fsp3) is 0. The molecule has 3 nitrogen and oxygen atoms in total. The van der Waals surface area contributed by atoms with Crippen LogP contribution < -0.4 is 5.73 Å². The Morgan fingerprint density at radius 2 is 2.14 bits per heavy atom. The second kappa shape index (κ2) is 3.63. The number of hydrogen-bond donors (Lipinski definition) is 1. The number of halogens is 2. The van der Waals surface area contributed by atoms with E-state index in [1.54, 1.807) is 12.1 Å². The molecule has 0 spiro atoms. The van der Waals surface area contributed by atoms with Gasteiger partial charge in [0.1, 0.15) is 5.69 Å². The molecule has 2 rings (SSSR count). The highest BCUT2D eigenvalue weighted by atomic mass is 79.9. The molecule has 1 aromatic carbocycles. The fourth-order valence-corrected chi connectivity index (χ4v) is 1.58. The molecule has 0 fully saturated rings. The van der Waals surface area contributed by atoms with Gasteiger partial charge in [-0.2, -0.15) is 0 Å². The van der Waals surface area contributed by atoms with Crippen LogP contribution in [0.3, 0.4) is 0 Å². The van der Waals surface area contributed by atoms with E-state index in [1.807, 2.05) is 12.1 Å². The molecule has 0 amide bonds. The maximum Gasteiger partial charge on any atom is 0.222 e. The average Bonchev–Trinajstić information content (AvgIpc) is 2.57. The minimum atomic E-state index is 0.297. The van der Waals surface area contributed by atoms with Gasteiger partial charge in [-0.05, 0) is 28.1 Å².